The zero-order valence-electron chi connectivity index (χ0n) is 8.90. The number of para-hydroxylation sites is 1. The fourth-order valence-corrected chi connectivity index (χ4v) is 2.80. The van der Waals surface area contributed by atoms with E-state index in [-0.39, 0.29) is 0 Å². The van der Waals surface area contributed by atoms with E-state index in [1.54, 1.807) is 0 Å². The number of benzene rings is 1. The molecular weight excluding hydrogens is 254 g/mol. The Hall–Kier alpha value is -1.36. The van der Waals surface area contributed by atoms with Gasteiger partial charge in [0.25, 0.3) is 0 Å². The first-order chi connectivity index (χ1) is 8.28. The van der Waals surface area contributed by atoms with Crippen molar-refractivity contribution in [2.75, 3.05) is 0 Å². The van der Waals surface area contributed by atoms with Crippen molar-refractivity contribution >= 4 is 34.0 Å². The molecular formula is C12H10ClN3S. The van der Waals surface area contributed by atoms with E-state index in [0.29, 0.717) is 6.54 Å². The number of imidazole rings is 1. The third-order valence-corrected chi connectivity index (χ3v) is 3.86. The quantitative estimate of drug-likeness (QED) is 0.744. The van der Waals surface area contributed by atoms with Gasteiger partial charge in [-0.25, -0.2) is 4.98 Å². The average Bonchev–Trinajstić information content (AvgIpc) is 2.93. The maximum Gasteiger partial charge on any atom is 0.148 e. The summed E-state index contributed by atoms with van der Waals surface area (Å²) in [6.45, 7) is 0.493. The van der Waals surface area contributed by atoms with E-state index in [1.165, 1.54) is 11.3 Å². The van der Waals surface area contributed by atoms with Crippen molar-refractivity contribution in [1.82, 2.24) is 9.97 Å². The first-order valence-corrected chi connectivity index (χ1v) is 6.41. The van der Waals surface area contributed by atoms with E-state index >= 15 is 0 Å². The van der Waals surface area contributed by atoms with Gasteiger partial charge in [0.2, 0.25) is 0 Å². The summed E-state index contributed by atoms with van der Waals surface area (Å²) in [6, 6.07) is 9.81. The number of hydrogen-bond acceptors (Lipinski definition) is 3. The number of rotatable bonds is 2. The van der Waals surface area contributed by atoms with Crippen molar-refractivity contribution in [3.05, 3.63) is 40.2 Å². The van der Waals surface area contributed by atoms with Gasteiger partial charge in [-0.05, 0) is 23.8 Å². The second-order valence-corrected chi connectivity index (χ2v) is 5.42. The van der Waals surface area contributed by atoms with Crippen LogP contribution in [0, 0.1) is 0 Å². The van der Waals surface area contributed by atoms with E-state index in [4.69, 9.17) is 17.3 Å². The zero-order chi connectivity index (χ0) is 11.8. The van der Waals surface area contributed by atoms with Gasteiger partial charge in [-0.1, -0.05) is 23.7 Å². The predicted octanol–water partition coefficient (Wildman–Crippen LogP) is 3.40. The second kappa shape index (κ2) is 4.14. The van der Waals surface area contributed by atoms with Crippen LogP contribution in [0.1, 0.15) is 5.56 Å². The Morgan fingerprint density at radius 2 is 2.18 bits per heavy atom. The summed E-state index contributed by atoms with van der Waals surface area (Å²) in [5.41, 5.74) is 8.69. The minimum atomic E-state index is 0.493. The molecule has 3 nitrogen and oxygen atoms in total. The standard InChI is InChI=1S/C12H10ClN3S/c13-10-5-4-9(17-10)12-15-8-3-1-2-7(6-14)11(8)16-12/h1-5H,6,14H2,(H,15,16). The maximum absolute atomic E-state index is 5.92. The van der Waals surface area contributed by atoms with Gasteiger partial charge in [0.05, 0.1) is 20.2 Å². The van der Waals surface area contributed by atoms with Crippen molar-refractivity contribution in [2.24, 2.45) is 5.73 Å². The summed E-state index contributed by atoms with van der Waals surface area (Å²) in [6.07, 6.45) is 0. The molecule has 1 aromatic carbocycles. The van der Waals surface area contributed by atoms with E-state index < -0.39 is 0 Å². The molecule has 2 aromatic heterocycles. The molecule has 0 amide bonds. The molecule has 0 aliphatic heterocycles. The average molecular weight is 264 g/mol. The zero-order valence-corrected chi connectivity index (χ0v) is 10.5. The molecule has 3 aromatic rings. The molecule has 0 radical (unpaired) electrons. The van der Waals surface area contributed by atoms with Crippen LogP contribution in [0.15, 0.2) is 30.3 Å². The van der Waals surface area contributed by atoms with Gasteiger partial charge in [0.15, 0.2) is 0 Å². The van der Waals surface area contributed by atoms with Crippen molar-refractivity contribution in [3.8, 4) is 10.7 Å². The molecule has 0 bridgehead atoms. The second-order valence-electron chi connectivity index (χ2n) is 3.71. The molecule has 0 fully saturated rings. The van der Waals surface area contributed by atoms with Crippen LogP contribution in [0.5, 0.6) is 0 Å². The predicted molar refractivity (Wildman–Crippen MR) is 72.3 cm³/mol. The molecule has 3 rings (SSSR count). The summed E-state index contributed by atoms with van der Waals surface area (Å²) in [7, 11) is 0. The van der Waals surface area contributed by atoms with Gasteiger partial charge in [-0.15, -0.1) is 11.3 Å². The van der Waals surface area contributed by atoms with Gasteiger partial charge in [0.1, 0.15) is 5.82 Å². The molecule has 0 saturated heterocycles. The third kappa shape index (κ3) is 1.84. The Morgan fingerprint density at radius 1 is 1.29 bits per heavy atom. The summed E-state index contributed by atoms with van der Waals surface area (Å²) in [5, 5.41) is 0. The van der Waals surface area contributed by atoms with E-state index in [2.05, 4.69) is 9.97 Å². The highest BCUT2D eigenvalue weighted by Gasteiger charge is 2.09. The molecule has 2 heterocycles. The van der Waals surface area contributed by atoms with Crippen LogP contribution in [0.4, 0.5) is 0 Å². The SMILES string of the molecule is NCc1cccc2[nH]c(-c3ccc(Cl)s3)nc12. The number of aromatic nitrogens is 2. The lowest BCUT2D eigenvalue weighted by atomic mass is 10.2. The van der Waals surface area contributed by atoms with Crippen molar-refractivity contribution in [2.45, 2.75) is 6.54 Å². The Balaban J connectivity index is 2.19. The normalized spacial score (nSPS) is 11.2. The van der Waals surface area contributed by atoms with Gasteiger partial charge >= 0.3 is 0 Å². The molecule has 0 aliphatic carbocycles. The summed E-state index contributed by atoms with van der Waals surface area (Å²) in [4.78, 5) is 8.90. The molecule has 86 valence electrons. The first-order valence-electron chi connectivity index (χ1n) is 5.21. The Morgan fingerprint density at radius 3 is 2.88 bits per heavy atom. The lowest BCUT2D eigenvalue weighted by Gasteiger charge is -1.95. The minimum absolute atomic E-state index is 0.493. The topological polar surface area (TPSA) is 54.7 Å². The Kier molecular flexibility index (Phi) is 2.63. The number of nitrogens with two attached hydrogens (primary N) is 1. The fraction of sp³-hybridized carbons (Fsp3) is 0.0833. The molecule has 17 heavy (non-hydrogen) atoms. The number of halogens is 1. The summed E-state index contributed by atoms with van der Waals surface area (Å²) >= 11 is 7.43. The fourth-order valence-electron chi connectivity index (χ4n) is 1.81. The number of aromatic amines is 1. The van der Waals surface area contributed by atoms with E-state index in [9.17, 15) is 0 Å². The maximum atomic E-state index is 5.92. The van der Waals surface area contributed by atoms with E-state index in [1.807, 2.05) is 30.3 Å². The Labute approximate surface area is 107 Å². The third-order valence-electron chi connectivity index (χ3n) is 2.62. The largest absolute Gasteiger partial charge is 0.337 e. The minimum Gasteiger partial charge on any atom is -0.337 e. The van der Waals surface area contributed by atoms with Gasteiger partial charge in [-0.3, -0.25) is 0 Å². The molecule has 0 atom stereocenters. The van der Waals surface area contributed by atoms with E-state index in [0.717, 1.165) is 31.6 Å². The highest BCUT2D eigenvalue weighted by atomic mass is 35.5. The van der Waals surface area contributed by atoms with Crippen LogP contribution in [-0.2, 0) is 6.54 Å². The molecule has 0 saturated carbocycles. The van der Waals surface area contributed by atoms with Crippen LogP contribution in [-0.4, -0.2) is 9.97 Å². The molecule has 3 N–H and O–H groups in total. The number of H-pyrrole nitrogens is 1. The number of fused-ring (bicyclic) bond motifs is 1. The van der Waals surface area contributed by atoms with Crippen molar-refractivity contribution in [3.63, 3.8) is 0 Å². The lowest BCUT2D eigenvalue weighted by molar-refractivity contribution is 1.08. The number of thiophene rings is 1. The van der Waals surface area contributed by atoms with Gasteiger partial charge in [0, 0.05) is 6.54 Å². The first kappa shape index (κ1) is 10.8. The monoisotopic (exact) mass is 263 g/mol. The molecule has 0 spiro atoms. The Bertz CT molecular complexity index is 671. The highest BCUT2D eigenvalue weighted by molar-refractivity contribution is 7.19. The molecule has 0 unspecified atom stereocenters. The van der Waals surface area contributed by atoms with Gasteiger partial charge < -0.3 is 10.7 Å². The van der Waals surface area contributed by atoms with Crippen molar-refractivity contribution in [1.29, 1.82) is 0 Å². The van der Waals surface area contributed by atoms with Crippen LogP contribution < -0.4 is 5.73 Å². The molecule has 0 aliphatic rings. The van der Waals surface area contributed by atoms with Crippen LogP contribution >= 0.6 is 22.9 Å². The number of nitrogens with zero attached hydrogens (tertiary/aromatic N) is 1. The summed E-state index contributed by atoms with van der Waals surface area (Å²) < 4.78 is 0.763. The summed E-state index contributed by atoms with van der Waals surface area (Å²) in [5.74, 6) is 0.845. The van der Waals surface area contributed by atoms with Crippen LogP contribution in [0.25, 0.3) is 21.7 Å². The molecule has 5 heteroatoms. The van der Waals surface area contributed by atoms with Crippen molar-refractivity contribution < 1.29 is 0 Å². The van der Waals surface area contributed by atoms with Crippen LogP contribution in [0.3, 0.4) is 0 Å². The smallest absolute Gasteiger partial charge is 0.148 e. The highest BCUT2D eigenvalue weighted by Crippen LogP contribution is 2.30. The number of hydrogen-bond donors (Lipinski definition) is 2. The lowest BCUT2D eigenvalue weighted by Crippen LogP contribution is -1.96. The van der Waals surface area contributed by atoms with Crippen LogP contribution in [0.2, 0.25) is 4.34 Å². The van der Waals surface area contributed by atoms with Gasteiger partial charge in [-0.2, -0.15) is 0 Å². The number of nitrogens with one attached hydrogen (secondary N) is 1.